The zero-order valence-electron chi connectivity index (χ0n) is 14.6. The van der Waals surface area contributed by atoms with Crippen LogP contribution in [0.3, 0.4) is 0 Å². The standard InChI is InChI=1S/C11H16BN.C7H16O/c1-2-9(7-8-13)10-3-5-11(12)6-4-10;1-6(2,3)7(4,5)8/h3-6,9H,2,7-8,13H2,1H3;8H,1-5H3. The summed E-state index contributed by atoms with van der Waals surface area (Å²) in [5, 5.41) is 9.35. The second-order valence-electron chi connectivity index (χ2n) is 7.16. The molecule has 21 heavy (non-hydrogen) atoms. The fraction of sp³-hybridized carbons (Fsp3) is 0.667. The highest BCUT2D eigenvalue weighted by Gasteiger charge is 2.29. The summed E-state index contributed by atoms with van der Waals surface area (Å²) in [5.41, 5.74) is 7.15. The van der Waals surface area contributed by atoms with E-state index >= 15 is 0 Å². The molecule has 1 aromatic rings. The van der Waals surface area contributed by atoms with Gasteiger partial charge in [0.1, 0.15) is 7.85 Å². The summed E-state index contributed by atoms with van der Waals surface area (Å²) in [6, 6.07) is 8.10. The molecule has 0 aliphatic rings. The van der Waals surface area contributed by atoms with Gasteiger partial charge in [-0.05, 0) is 50.1 Å². The zero-order valence-corrected chi connectivity index (χ0v) is 14.6. The summed E-state index contributed by atoms with van der Waals surface area (Å²) in [5.74, 6) is 0.589. The summed E-state index contributed by atoms with van der Waals surface area (Å²) >= 11 is 0. The molecule has 3 heteroatoms. The molecular formula is C18H32BNO. The molecule has 2 nitrogen and oxygen atoms in total. The zero-order chi connectivity index (χ0) is 16.7. The SMILES string of the molecule is CC(C)(C)C(C)(C)O.[B]c1ccc(C(CC)CCN)cc1. The van der Waals surface area contributed by atoms with Crippen molar-refractivity contribution in [1.29, 1.82) is 0 Å². The maximum atomic E-state index is 9.35. The fourth-order valence-corrected chi connectivity index (χ4v) is 1.58. The Morgan fingerprint density at radius 2 is 1.52 bits per heavy atom. The van der Waals surface area contributed by atoms with E-state index < -0.39 is 5.60 Å². The van der Waals surface area contributed by atoms with Gasteiger partial charge in [0.05, 0.1) is 5.60 Å². The van der Waals surface area contributed by atoms with E-state index in [2.05, 4.69) is 19.1 Å². The van der Waals surface area contributed by atoms with E-state index in [-0.39, 0.29) is 5.41 Å². The predicted octanol–water partition coefficient (Wildman–Crippen LogP) is 3.13. The van der Waals surface area contributed by atoms with Crippen molar-refractivity contribution in [2.45, 2.75) is 65.9 Å². The number of hydrogen-bond donors (Lipinski definition) is 2. The van der Waals surface area contributed by atoms with Gasteiger partial charge in [-0.15, -0.1) is 0 Å². The van der Waals surface area contributed by atoms with Gasteiger partial charge in [-0.25, -0.2) is 0 Å². The first-order chi connectivity index (χ1) is 9.52. The molecular weight excluding hydrogens is 257 g/mol. The number of benzene rings is 1. The molecule has 1 rings (SSSR count). The number of nitrogens with two attached hydrogens (primary N) is 1. The molecule has 0 fully saturated rings. The van der Waals surface area contributed by atoms with Crippen molar-refractivity contribution in [3.63, 3.8) is 0 Å². The first-order valence-electron chi connectivity index (χ1n) is 7.80. The highest BCUT2D eigenvalue weighted by Crippen LogP contribution is 2.28. The van der Waals surface area contributed by atoms with Gasteiger partial charge in [0.25, 0.3) is 0 Å². The first-order valence-corrected chi connectivity index (χ1v) is 7.80. The van der Waals surface area contributed by atoms with Crippen molar-refractivity contribution in [3.05, 3.63) is 29.8 Å². The van der Waals surface area contributed by atoms with Crippen molar-refractivity contribution in [3.8, 4) is 0 Å². The molecule has 1 atom stereocenters. The largest absolute Gasteiger partial charge is 0.390 e. The Kier molecular flexibility index (Phi) is 8.27. The summed E-state index contributed by atoms with van der Waals surface area (Å²) < 4.78 is 0. The molecule has 3 N–H and O–H groups in total. The minimum Gasteiger partial charge on any atom is -0.390 e. The summed E-state index contributed by atoms with van der Waals surface area (Å²) in [6.45, 7) is 12.7. The molecule has 0 aromatic heterocycles. The monoisotopic (exact) mass is 289 g/mol. The van der Waals surface area contributed by atoms with Crippen LogP contribution in [0.25, 0.3) is 0 Å². The van der Waals surface area contributed by atoms with Crippen LogP contribution in [-0.2, 0) is 0 Å². The number of hydrogen-bond acceptors (Lipinski definition) is 2. The Labute approximate surface area is 132 Å². The smallest absolute Gasteiger partial charge is 0.113 e. The van der Waals surface area contributed by atoms with E-state index in [1.54, 1.807) is 0 Å². The Morgan fingerprint density at radius 1 is 1.10 bits per heavy atom. The number of aliphatic hydroxyl groups is 1. The van der Waals surface area contributed by atoms with E-state index in [1.165, 1.54) is 5.56 Å². The van der Waals surface area contributed by atoms with Gasteiger partial charge in [0, 0.05) is 0 Å². The van der Waals surface area contributed by atoms with Gasteiger partial charge in [-0.2, -0.15) is 0 Å². The normalized spacial score (nSPS) is 13.3. The Morgan fingerprint density at radius 3 is 1.81 bits per heavy atom. The van der Waals surface area contributed by atoms with E-state index in [0.717, 1.165) is 24.8 Å². The summed E-state index contributed by atoms with van der Waals surface area (Å²) in [6.07, 6.45) is 2.20. The third kappa shape index (κ3) is 7.68. The van der Waals surface area contributed by atoms with Crippen LogP contribution in [0.15, 0.2) is 24.3 Å². The minimum atomic E-state index is -0.562. The van der Waals surface area contributed by atoms with Crippen LogP contribution in [-0.4, -0.2) is 25.1 Å². The lowest BCUT2D eigenvalue weighted by molar-refractivity contribution is -0.0238. The molecule has 0 spiro atoms. The third-order valence-corrected chi connectivity index (χ3v) is 4.25. The molecule has 0 aliphatic carbocycles. The topological polar surface area (TPSA) is 46.2 Å². The van der Waals surface area contributed by atoms with Crippen molar-refractivity contribution in [2.24, 2.45) is 11.1 Å². The van der Waals surface area contributed by atoms with Crippen molar-refractivity contribution in [1.82, 2.24) is 0 Å². The van der Waals surface area contributed by atoms with Crippen LogP contribution in [0.2, 0.25) is 0 Å². The lowest BCUT2D eigenvalue weighted by Gasteiger charge is -2.33. The van der Waals surface area contributed by atoms with E-state index in [1.807, 2.05) is 46.8 Å². The Balaban J connectivity index is 0.000000433. The van der Waals surface area contributed by atoms with Crippen LogP contribution in [0.1, 0.15) is 65.9 Å². The maximum absolute atomic E-state index is 9.35. The molecule has 0 aliphatic heterocycles. The van der Waals surface area contributed by atoms with Gasteiger partial charge in [0.2, 0.25) is 0 Å². The van der Waals surface area contributed by atoms with Gasteiger partial charge in [-0.1, -0.05) is 57.4 Å². The second-order valence-corrected chi connectivity index (χ2v) is 7.16. The highest BCUT2D eigenvalue weighted by atomic mass is 16.3. The van der Waals surface area contributed by atoms with Crippen molar-refractivity contribution in [2.75, 3.05) is 6.54 Å². The van der Waals surface area contributed by atoms with Crippen LogP contribution in [0, 0.1) is 5.41 Å². The molecule has 0 bridgehead atoms. The van der Waals surface area contributed by atoms with Gasteiger partial charge in [-0.3, -0.25) is 0 Å². The van der Waals surface area contributed by atoms with Crippen molar-refractivity contribution >= 4 is 13.3 Å². The second kappa shape index (κ2) is 8.60. The molecule has 0 heterocycles. The molecule has 2 radical (unpaired) electrons. The van der Waals surface area contributed by atoms with Crippen LogP contribution >= 0.6 is 0 Å². The number of rotatable bonds is 4. The molecule has 118 valence electrons. The molecule has 0 saturated carbocycles. The molecule has 0 amide bonds. The van der Waals surface area contributed by atoms with E-state index in [9.17, 15) is 5.11 Å². The van der Waals surface area contributed by atoms with Gasteiger partial charge < -0.3 is 10.8 Å². The van der Waals surface area contributed by atoms with Crippen LogP contribution < -0.4 is 11.2 Å². The van der Waals surface area contributed by atoms with Crippen LogP contribution in [0.5, 0.6) is 0 Å². The maximum Gasteiger partial charge on any atom is 0.113 e. The molecule has 1 unspecified atom stereocenters. The summed E-state index contributed by atoms with van der Waals surface area (Å²) in [4.78, 5) is 0. The quantitative estimate of drug-likeness (QED) is 0.837. The molecule has 0 saturated heterocycles. The minimum absolute atomic E-state index is 0.00694. The molecule has 1 aromatic carbocycles. The summed E-state index contributed by atoms with van der Waals surface area (Å²) in [7, 11) is 5.62. The Hall–Kier alpha value is -0.795. The average molecular weight is 289 g/mol. The average Bonchev–Trinajstić information content (AvgIpc) is 2.35. The van der Waals surface area contributed by atoms with E-state index in [0.29, 0.717) is 5.92 Å². The highest BCUT2D eigenvalue weighted by molar-refractivity contribution is 6.32. The van der Waals surface area contributed by atoms with Crippen molar-refractivity contribution < 1.29 is 5.11 Å². The van der Waals surface area contributed by atoms with E-state index in [4.69, 9.17) is 13.6 Å². The first kappa shape index (κ1) is 20.2. The van der Waals surface area contributed by atoms with Gasteiger partial charge >= 0.3 is 0 Å². The van der Waals surface area contributed by atoms with Gasteiger partial charge in [0.15, 0.2) is 0 Å². The lowest BCUT2D eigenvalue weighted by Crippen LogP contribution is -2.35. The van der Waals surface area contributed by atoms with Crippen LogP contribution in [0.4, 0.5) is 0 Å². The fourth-order valence-electron chi connectivity index (χ4n) is 1.58. The third-order valence-electron chi connectivity index (χ3n) is 4.25. The lowest BCUT2D eigenvalue weighted by atomic mass is 9.79. The predicted molar refractivity (Wildman–Crippen MR) is 94.3 cm³/mol. The Bertz CT molecular complexity index is 375.